The van der Waals surface area contributed by atoms with Crippen LogP contribution in [-0.2, 0) is 5.88 Å². The number of rotatable bonds is 9. The second-order valence-corrected chi connectivity index (χ2v) is 4.87. The minimum absolute atomic E-state index is 0.546. The van der Waals surface area contributed by atoms with Crippen LogP contribution < -0.4 is 4.90 Å². The standard InChI is InChI=1S/C15H26ClN3/c1-4-18(5-2)10-7-11-19(6-3)15-13-17-9-8-14(15)12-16/h8-9,13H,4-7,10-12H2,1-3H3. The molecule has 1 heterocycles. The first kappa shape index (κ1) is 16.3. The van der Waals surface area contributed by atoms with E-state index in [0.29, 0.717) is 5.88 Å². The molecule has 0 fully saturated rings. The lowest BCUT2D eigenvalue weighted by Crippen LogP contribution is -2.30. The molecule has 0 aliphatic carbocycles. The lowest BCUT2D eigenvalue weighted by Gasteiger charge is -2.26. The highest BCUT2D eigenvalue weighted by molar-refractivity contribution is 6.17. The first-order valence-corrected chi connectivity index (χ1v) is 7.76. The summed E-state index contributed by atoms with van der Waals surface area (Å²) in [5.41, 5.74) is 2.35. The lowest BCUT2D eigenvalue weighted by atomic mass is 10.2. The summed E-state index contributed by atoms with van der Waals surface area (Å²) < 4.78 is 0. The summed E-state index contributed by atoms with van der Waals surface area (Å²) in [5, 5.41) is 0. The fourth-order valence-electron chi connectivity index (χ4n) is 2.29. The van der Waals surface area contributed by atoms with Gasteiger partial charge in [0, 0.05) is 25.2 Å². The molecule has 0 saturated carbocycles. The van der Waals surface area contributed by atoms with Crippen LogP contribution in [0.1, 0.15) is 32.8 Å². The molecule has 0 aliphatic heterocycles. The van der Waals surface area contributed by atoms with Gasteiger partial charge in [-0.3, -0.25) is 4.98 Å². The summed E-state index contributed by atoms with van der Waals surface area (Å²) in [5.74, 6) is 0.546. The molecule has 3 nitrogen and oxygen atoms in total. The van der Waals surface area contributed by atoms with Gasteiger partial charge in [-0.1, -0.05) is 13.8 Å². The molecular formula is C15H26ClN3. The zero-order valence-corrected chi connectivity index (χ0v) is 13.2. The fourth-order valence-corrected chi connectivity index (χ4v) is 2.51. The van der Waals surface area contributed by atoms with E-state index in [-0.39, 0.29) is 0 Å². The summed E-state index contributed by atoms with van der Waals surface area (Å²) in [6.45, 7) is 12.1. The molecule has 0 aromatic carbocycles. The molecule has 1 aromatic rings. The minimum atomic E-state index is 0.546. The van der Waals surface area contributed by atoms with Crippen LogP contribution >= 0.6 is 11.6 Å². The second-order valence-electron chi connectivity index (χ2n) is 4.60. The first-order chi connectivity index (χ1) is 9.26. The van der Waals surface area contributed by atoms with E-state index in [1.807, 2.05) is 18.5 Å². The van der Waals surface area contributed by atoms with Crippen molar-refractivity contribution in [1.82, 2.24) is 9.88 Å². The van der Waals surface area contributed by atoms with Gasteiger partial charge < -0.3 is 9.80 Å². The Morgan fingerprint density at radius 1 is 1.11 bits per heavy atom. The molecule has 0 unspecified atom stereocenters. The van der Waals surface area contributed by atoms with Crippen LogP contribution in [0.4, 0.5) is 5.69 Å². The molecular weight excluding hydrogens is 258 g/mol. The van der Waals surface area contributed by atoms with Gasteiger partial charge in [0.2, 0.25) is 0 Å². The average molecular weight is 284 g/mol. The predicted molar refractivity (Wildman–Crippen MR) is 84.1 cm³/mol. The highest BCUT2D eigenvalue weighted by Crippen LogP contribution is 2.20. The molecule has 0 spiro atoms. The molecule has 0 aliphatic rings. The van der Waals surface area contributed by atoms with Crippen molar-refractivity contribution in [3.05, 3.63) is 24.0 Å². The molecule has 0 amide bonds. The van der Waals surface area contributed by atoms with Crippen molar-refractivity contribution in [3.63, 3.8) is 0 Å². The Balaban J connectivity index is 2.58. The van der Waals surface area contributed by atoms with Crippen LogP contribution in [0.15, 0.2) is 18.5 Å². The molecule has 4 heteroatoms. The van der Waals surface area contributed by atoms with Crippen LogP contribution in [0, 0.1) is 0 Å². The number of alkyl halides is 1. The van der Waals surface area contributed by atoms with Crippen molar-refractivity contribution < 1.29 is 0 Å². The molecule has 0 saturated heterocycles. The molecule has 0 radical (unpaired) electrons. The summed E-state index contributed by atoms with van der Waals surface area (Å²) >= 11 is 6.00. The Morgan fingerprint density at radius 3 is 2.42 bits per heavy atom. The maximum atomic E-state index is 6.00. The summed E-state index contributed by atoms with van der Waals surface area (Å²) in [4.78, 5) is 9.05. The van der Waals surface area contributed by atoms with Gasteiger partial charge >= 0.3 is 0 Å². The predicted octanol–water partition coefficient (Wildman–Crippen LogP) is 3.38. The summed E-state index contributed by atoms with van der Waals surface area (Å²) in [6, 6.07) is 2.01. The number of hydrogen-bond donors (Lipinski definition) is 0. The van der Waals surface area contributed by atoms with Crippen molar-refractivity contribution >= 4 is 17.3 Å². The smallest absolute Gasteiger partial charge is 0.0597 e. The van der Waals surface area contributed by atoms with Crippen molar-refractivity contribution in [2.24, 2.45) is 0 Å². The Kier molecular flexibility index (Phi) is 7.84. The van der Waals surface area contributed by atoms with E-state index in [4.69, 9.17) is 11.6 Å². The number of anilines is 1. The van der Waals surface area contributed by atoms with E-state index < -0.39 is 0 Å². The van der Waals surface area contributed by atoms with Crippen LogP contribution in [0.2, 0.25) is 0 Å². The SMILES string of the molecule is CCN(CC)CCCN(CC)c1cnccc1CCl. The van der Waals surface area contributed by atoms with Crippen molar-refractivity contribution in [3.8, 4) is 0 Å². The topological polar surface area (TPSA) is 19.4 Å². The molecule has 19 heavy (non-hydrogen) atoms. The van der Waals surface area contributed by atoms with Gasteiger partial charge in [-0.2, -0.15) is 0 Å². The highest BCUT2D eigenvalue weighted by atomic mass is 35.5. The number of hydrogen-bond acceptors (Lipinski definition) is 3. The van der Waals surface area contributed by atoms with Crippen molar-refractivity contribution in [2.45, 2.75) is 33.1 Å². The number of aromatic nitrogens is 1. The maximum Gasteiger partial charge on any atom is 0.0597 e. The van der Waals surface area contributed by atoms with Gasteiger partial charge in [0.15, 0.2) is 0 Å². The largest absolute Gasteiger partial charge is 0.370 e. The first-order valence-electron chi connectivity index (χ1n) is 7.22. The fraction of sp³-hybridized carbons (Fsp3) is 0.667. The van der Waals surface area contributed by atoms with Crippen molar-refractivity contribution in [2.75, 3.05) is 37.6 Å². The molecule has 0 N–H and O–H groups in total. The van der Waals surface area contributed by atoms with Crippen LogP contribution in [0.25, 0.3) is 0 Å². The van der Waals surface area contributed by atoms with E-state index in [1.54, 1.807) is 0 Å². The van der Waals surface area contributed by atoms with Gasteiger partial charge in [-0.15, -0.1) is 11.6 Å². The zero-order chi connectivity index (χ0) is 14.1. The number of pyridine rings is 1. The van der Waals surface area contributed by atoms with Crippen LogP contribution in [-0.4, -0.2) is 42.6 Å². The highest BCUT2D eigenvalue weighted by Gasteiger charge is 2.09. The van der Waals surface area contributed by atoms with Crippen LogP contribution in [0.5, 0.6) is 0 Å². The third-order valence-electron chi connectivity index (χ3n) is 3.55. The molecule has 1 aromatic heterocycles. The Labute approximate surface area is 122 Å². The van der Waals surface area contributed by atoms with Gasteiger partial charge in [0.1, 0.15) is 0 Å². The lowest BCUT2D eigenvalue weighted by molar-refractivity contribution is 0.300. The van der Waals surface area contributed by atoms with Gasteiger partial charge in [0.25, 0.3) is 0 Å². The molecule has 0 atom stereocenters. The van der Waals surface area contributed by atoms with E-state index >= 15 is 0 Å². The molecule has 0 bridgehead atoms. The monoisotopic (exact) mass is 283 g/mol. The number of halogens is 1. The summed E-state index contributed by atoms with van der Waals surface area (Å²) in [7, 11) is 0. The molecule has 108 valence electrons. The van der Waals surface area contributed by atoms with Gasteiger partial charge in [-0.05, 0) is 44.6 Å². The molecule has 1 rings (SSSR count). The second kappa shape index (κ2) is 9.16. The van der Waals surface area contributed by atoms with E-state index in [1.165, 1.54) is 17.7 Å². The maximum absolute atomic E-state index is 6.00. The van der Waals surface area contributed by atoms with Crippen LogP contribution in [0.3, 0.4) is 0 Å². The van der Waals surface area contributed by atoms with E-state index in [2.05, 4.69) is 35.6 Å². The third kappa shape index (κ3) is 5.00. The van der Waals surface area contributed by atoms with E-state index in [9.17, 15) is 0 Å². The Bertz CT molecular complexity index is 353. The zero-order valence-electron chi connectivity index (χ0n) is 12.4. The Morgan fingerprint density at radius 2 is 1.84 bits per heavy atom. The Hall–Kier alpha value is -0.800. The minimum Gasteiger partial charge on any atom is -0.370 e. The third-order valence-corrected chi connectivity index (χ3v) is 3.84. The van der Waals surface area contributed by atoms with E-state index in [0.717, 1.165) is 32.7 Å². The normalized spacial score (nSPS) is 11.0. The van der Waals surface area contributed by atoms with Gasteiger partial charge in [-0.25, -0.2) is 0 Å². The van der Waals surface area contributed by atoms with Gasteiger partial charge in [0.05, 0.1) is 11.9 Å². The van der Waals surface area contributed by atoms with Crippen molar-refractivity contribution in [1.29, 1.82) is 0 Å². The number of nitrogens with zero attached hydrogens (tertiary/aromatic N) is 3. The average Bonchev–Trinajstić information content (AvgIpc) is 2.48. The quantitative estimate of drug-likeness (QED) is 0.648. The summed E-state index contributed by atoms with van der Waals surface area (Å²) in [6.07, 6.45) is 4.91.